The molecule has 0 spiro atoms. The molecule has 6 heteroatoms. The number of fused-ring (bicyclic) bond motifs is 1. The molecule has 6 nitrogen and oxygen atoms in total. The summed E-state index contributed by atoms with van der Waals surface area (Å²) in [5.41, 5.74) is 5.97. The van der Waals surface area contributed by atoms with Crippen LogP contribution in [0.25, 0.3) is 4.85 Å². The van der Waals surface area contributed by atoms with E-state index in [-0.39, 0.29) is 11.8 Å². The van der Waals surface area contributed by atoms with Gasteiger partial charge in [0, 0.05) is 35.7 Å². The Hall–Kier alpha value is -4.11. The largest absolute Gasteiger partial charge is 0.371 e. The molecular formula is C28H26N4O2. The van der Waals surface area contributed by atoms with E-state index in [2.05, 4.69) is 15.1 Å². The Morgan fingerprint density at radius 2 is 1.74 bits per heavy atom. The van der Waals surface area contributed by atoms with Crippen molar-refractivity contribution in [3.63, 3.8) is 0 Å². The zero-order valence-corrected chi connectivity index (χ0v) is 19.2. The average Bonchev–Trinajstić information content (AvgIpc) is 3.21. The van der Waals surface area contributed by atoms with Crippen molar-refractivity contribution in [2.24, 2.45) is 0 Å². The monoisotopic (exact) mass is 450 g/mol. The summed E-state index contributed by atoms with van der Waals surface area (Å²) < 4.78 is 0. The van der Waals surface area contributed by atoms with Crippen LogP contribution < -0.4 is 15.1 Å². The van der Waals surface area contributed by atoms with Gasteiger partial charge in [0.1, 0.15) is 0 Å². The molecule has 0 unspecified atom stereocenters. The summed E-state index contributed by atoms with van der Waals surface area (Å²) in [6, 6.07) is 18.6. The molecule has 0 saturated carbocycles. The zero-order chi connectivity index (χ0) is 23.7. The van der Waals surface area contributed by atoms with Crippen LogP contribution in [0.5, 0.6) is 0 Å². The molecule has 3 aromatic rings. The fraction of sp³-hybridized carbons (Fsp3) is 0.250. The first-order valence-corrected chi connectivity index (χ1v) is 11.6. The van der Waals surface area contributed by atoms with E-state index >= 15 is 0 Å². The van der Waals surface area contributed by atoms with Gasteiger partial charge in [-0.15, -0.1) is 0 Å². The van der Waals surface area contributed by atoms with Gasteiger partial charge in [-0.3, -0.25) is 9.59 Å². The molecule has 0 radical (unpaired) electrons. The number of benzene rings is 3. The van der Waals surface area contributed by atoms with Crippen LogP contribution in [0, 0.1) is 13.5 Å². The fourth-order valence-corrected chi connectivity index (χ4v) is 4.70. The van der Waals surface area contributed by atoms with E-state index < -0.39 is 0 Å². The van der Waals surface area contributed by atoms with Crippen LogP contribution in [0.1, 0.15) is 51.1 Å². The third-order valence-corrected chi connectivity index (χ3v) is 6.56. The molecule has 2 heterocycles. The van der Waals surface area contributed by atoms with Crippen LogP contribution in [-0.2, 0) is 6.54 Å². The number of carbonyl (C=O) groups excluding carboxylic acids is 2. The van der Waals surface area contributed by atoms with Crippen LogP contribution in [0.4, 0.5) is 22.7 Å². The molecule has 1 fully saturated rings. The second-order valence-corrected chi connectivity index (χ2v) is 8.91. The molecule has 34 heavy (non-hydrogen) atoms. The number of carbonyl (C=O) groups is 2. The van der Waals surface area contributed by atoms with Crippen molar-refractivity contribution in [3.05, 3.63) is 94.3 Å². The van der Waals surface area contributed by atoms with E-state index in [1.807, 2.05) is 49.4 Å². The summed E-state index contributed by atoms with van der Waals surface area (Å²) >= 11 is 0. The maximum atomic E-state index is 13.4. The SMILES string of the molecule is [C-]#[N+]c1ccc2c(c1)CN(c1ccc(N3CCCCC3)c(C(=O)Nc3ccc(C)cc3)c1)C2=O. The van der Waals surface area contributed by atoms with E-state index in [0.29, 0.717) is 29.0 Å². The van der Waals surface area contributed by atoms with Crippen LogP contribution in [0.3, 0.4) is 0 Å². The average molecular weight is 451 g/mol. The summed E-state index contributed by atoms with van der Waals surface area (Å²) in [5, 5.41) is 3.02. The lowest BCUT2D eigenvalue weighted by molar-refractivity contribution is 0.0992. The molecule has 0 atom stereocenters. The second kappa shape index (κ2) is 9.03. The molecule has 1 saturated heterocycles. The van der Waals surface area contributed by atoms with Crippen molar-refractivity contribution in [2.75, 3.05) is 28.2 Å². The number of nitrogens with one attached hydrogen (secondary N) is 1. The van der Waals surface area contributed by atoms with Gasteiger partial charge < -0.3 is 15.1 Å². The summed E-state index contributed by atoms with van der Waals surface area (Å²) in [7, 11) is 0. The Balaban J connectivity index is 1.49. The molecule has 170 valence electrons. The molecule has 2 amide bonds. The number of rotatable bonds is 4. The van der Waals surface area contributed by atoms with Gasteiger partial charge in [-0.1, -0.05) is 35.9 Å². The summed E-state index contributed by atoms with van der Waals surface area (Å²) in [6.45, 7) is 11.5. The first-order chi connectivity index (χ1) is 16.5. The number of piperidine rings is 1. The first-order valence-electron chi connectivity index (χ1n) is 11.6. The maximum Gasteiger partial charge on any atom is 0.258 e. The Morgan fingerprint density at radius 3 is 2.47 bits per heavy atom. The molecule has 3 aromatic carbocycles. The lowest BCUT2D eigenvalue weighted by atomic mass is 10.0. The highest BCUT2D eigenvalue weighted by Crippen LogP contribution is 2.34. The molecule has 0 bridgehead atoms. The highest BCUT2D eigenvalue weighted by atomic mass is 16.2. The van der Waals surface area contributed by atoms with E-state index in [0.717, 1.165) is 48.4 Å². The number of aryl methyl sites for hydroxylation is 1. The van der Waals surface area contributed by atoms with Gasteiger partial charge in [-0.05, 0) is 62.1 Å². The summed E-state index contributed by atoms with van der Waals surface area (Å²) in [5.74, 6) is -0.298. The predicted molar refractivity (Wildman–Crippen MR) is 135 cm³/mol. The van der Waals surface area contributed by atoms with Crippen LogP contribution in [-0.4, -0.2) is 24.9 Å². The number of hydrogen-bond donors (Lipinski definition) is 1. The second-order valence-electron chi connectivity index (χ2n) is 8.91. The Labute approximate surface area is 199 Å². The Morgan fingerprint density at radius 1 is 0.971 bits per heavy atom. The molecule has 5 rings (SSSR count). The smallest absolute Gasteiger partial charge is 0.258 e. The molecule has 0 aliphatic carbocycles. The molecule has 2 aliphatic heterocycles. The van der Waals surface area contributed by atoms with E-state index in [1.54, 1.807) is 23.1 Å². The zero-order valence-electron chi connectivity index (χ0n) is 19.2. The van der Waals surface area contributed by atoms with Gasteiger partial charge in [-0.25, -0.2) is 4.85 Å². The summed E-state index contributed by atoms with van der Waals surface area (Å²) in [6.07, 6.45) is 3.40. The highest BCUT2D eigenvalue weighted by molar-refractivity contribution is 6.12. The van der Waals surface area contributed by atoms with Crippen LogP contribution in [0.15, 0.2) is 60.7 Å². The van der Waals surface area contributed by atoms with Crippen molar-refractivity contribution in [1.29, 1.82) is 0 Å². The lowest BCUT2D eigenvalue weighted by Crippen LogP contribution is -2.32. The standard InChI is InChI=1S/C28H26N4O2/c1-19-6-8-21(9-7-19)30-27(33)25-17-23(11-13-26(25)31-14-4-3-5-15-31)32-18-20-16-22(29-2)10-12-24(20)28(32)34/h6-13,16-17H,3-5,14-15,18H2,1H3,(H,30,33). The van der Waals surface area contributed by atoms with E-state index in [9.17, 15) is 9.59 Å². The summed E-state index contributed by atoms with van der Waals surface area (Å²) in [4.78, 5) is 34.0. The third kappa shape index (κ3) is 4.13. The van der Waals surface area contributed by atoms with Gasteiger partial charge in [0.05, 0.1) is 18.7 Å². The molecule has 2 aliphatic rings. The molecule has 0 aromatic heterocycles. The molecule has 1 N–H and O–H groups in total. The van der Waals surface area contributed by atoms with Gasteiger partial charge >= 0.3 is 0 Å². The van der Waals surface area contributed by atoms with Crippen molar-refractivity contribution in [1.82, 2.24) is 0 Å². The van der Waals surface area contributed by atoms with Crippen LogP contribution >= 0.6 is 0 Å². The van der Waals surface area contributed by atoms with E-state index in [1.165, 1.54) is 6.42 Å². The van der Waals surface area contributed by atoms with E-state index in [4.69, 9.17) is 6.57 Å². The van der Waals surface area contributed by atoms with Crippen molar-refractivity contribution < 1.29 is 9.59 Å². The van der Waals surface area contributed by atoms with Crippen LogP contribution in [0.2, 0.25) is 0 Å². The van der Waals surface area contributed by atoms with Gasteiger partial charge in [0.15, 0.2) is 5.69 Å². The minimum absolute atomic E-state index is 0.109. The maximum absolute atomic E-state index is 13.4. The fourth-order valence-electron chi connectivity index (χ4n) is 4.70. The number of amides is 2. The quantitative estimate of drug-likeness (QED) is 0.500. The third-order valence-electron chi connectivity index (χ3n) is 6.56. The van der Waals surface area contributed by atoms with Gasteiger partial charge in [0.25, 0.3) is 11.8 Å². The minimum atomic E-state index is -0.189. The normalized spacial score (nSPS) is 15.1. The highest BCUT2D eigenvalue weighted by Gasteiger charge is 2.30. The van der Waals surface area contributed by atoms with Crippen molar-refractivity contribution >= 4 is 34.6 Å². The predicted octanol–water partition coefficient (Wildman–Crippen LogP) is 5.95. The topological polar surface area (TPSA) is 57.0 Å². The van der Waals surface area contributed by atoms with Crippen molar-refractivity contribution in [2.45, 2.75) is 32.7 Å². The Bertz CT molecular complexity index is 1300. The Kier molecular flexibility index (Phi) is 5.77. The van der Waals surface area contributed by atoms with Gasteiger partial charge in [0.2, 0.25) is 0 Å². The number of nitrogens with zero attached hydrogens (tertiary/aromatic N) is 3. The van der Waals surface area contributed by atoms with Gasteiger partial charge in [-0.2, -0.15) is 0 Å². The lowest BCUT2D eigenvalue weighted by Gasteiger charge is -2.31. The first kappa shape index (κ1) is 21.7. The number of hydrogen-bond acceptors (Lipinski definition) is 3. The minimum Gasteiger partial charge on any atom is -0.371 e. The molecular weight excluding hydrogens is 424 g/mol. The number of anilines is 3. The van der Waals surface area contributed by atoms with Crippen molar-refractivity contribution in [3.8, 4) is 0 Å².